The fraction of sp³-hybridized carbons (Fsp3) is 0.174. The highest BCUT2D eigenvalue weighted by Crippen LogP contribution is 2.34. The van der Waals surface area contributed by atoms with E-state index in [0.717, 1.165) is 22.4 Å². The first-order valence-electron chi connectivity index (χ1n) is 9.47. The minimum atomic E-state index is -0.381. The summed E-state index contributed by atoms with van der Waals surface area (Å²) in [7, 11) is 0. The van der Waals surface area contributed by atoms with Gasteiger partial charge in [-0.15, -0.1) is 0 Å². The van der Waals surface area contributed by atoms with E-state index < -0.39 is 0 Å². The second-order valence-electron chi connectivity index (χ2n) is 7.09. The Morgan fingerprint density at radius 1 is 0.929 bits per heavy atom. The zero-order valence-electron chi connectivity index (χ0n) is 15.3. The highest BCUT2D eigenvalue weighted by Gasteiger charge is 2.30. The maximum atomic E-state index is 10.6. The summed E-state index contributed by atoms with van der Waals surface area (Å²) in [6, 6.07) is 21.9. The normalized spacial score (nSPS) is 18.2. The number of hydrogen-bond acceptors (Lipinski definition) is 5. The van der Waals surface area contributed by atoms with Crippen LogP contribution < -0.4 is 5.32 Å². The predicted octanol–water partition coefficient (Wildman–Crippen LogP) is 3.80. The second-order valence-corrected chi connectivity index (χ2v) is 7.09. The van der Waals surface area contributed by atoms with Crippen molar-refractivity contribution in [2.45, 2.75) is 18.4 Å². The van der Waals surface area contributed by atoms with Crippen LogP contribution in [0.1, 0.15) is 17.0 Å². The van der Waals surface area contributed by atoms with Gasteiger partial charge < -0.3 is 10.4 Å². The van der Waals surface area contributed by atoms with Crippen LogP contribution in [0.25, 0.3) is 22.4 Å². The molecule has 2 atom stereocenters. The number of nitrogens with zero attached hydrogens (tertiary/aromatic N) is 3. The number of aliphatic hydroxyl groups excluding tert-OH is 1. The lowest BCUT2D eigenvalue weighted by Gasteiger charge is -2.18. The largest absolute Gasteiger partial charge is 0.392 e. The Bertz CT molecular complexity index is 1130. The van der Waals surface area contributed by atoms with Gasteiger partial charge in [0.25, 0.3) is 0 Å². The van der Waals surface area contributed by atoms with Gasteiger partial charge in [0.2, 0.25) is 0 Å². The van der Waals surface area contributed by atoms with Crippen molar-refractivity contribution in [1.29, 1.82) is 0 Å². The topological polar surface area (TPSA) is 70.9 Å². The highest BCUT2D eigenvalue weighted by atomic mass is 16.3. The molecule has 0 fully saturated rings. The molecule has 0 aliphatic heterocycles. The van der Waals surface area contributed by atoms with Gasteiger partial charge in [-0.05, 0) is 41.8 Å². The summed E-state index contributed by atoms with van der Waals surface area (Å²) in [6.07, 6.45) is 2.06. The Morgan fingerprint density at radius 3 is 2.64 bits per heavy atom. The summed E-state index contributed by atoms with van der Waals surface area (Å²) in [5, 5.41) is 15.0. The molecule has 28 heavy (non-hydrogen) atoms. The van der Waals surface area contributed by atoms with Gasteiger partial charge in [0.05, 0.1) is 11.6 Å². The number of aromatic nitrogens is 3. The Kier molecular flexibility index (Phi) is 4.22. The van der Waals surface area contributed by atoms with Crippen LogP contribution in [0.15, 0.2) is 72.9 Å². The first-order valence-corrected chi connectivity index (χ1v) is 9.47. The van der Waals surface area contributed by atoms with E-state index in [2.05, 4.69) is 27.4 Å². The van der Waals surface area contributed by atoms with E-state index in [9.17, 15) is 5.11 Å². The molecule has 5 heteroatoms. The molecule has 0 saturated carbocycles. The van der Waals surface area contributed by atoms with E-state index in [-0.39, 0.29) is 12.0 Å². The van der Waals surface area contributed by atoms with Gasteiger partial charge in [0.1, 0.15) is 11.5 Å². The van der Waals surface area contributed by atoms with Crippen LogP contribution in [0.5, 0.6) is 0 Å². The molecule has 0 saturated heterocycles. The van der Waals surface area contributed by atoms with Crippen molar-refractivity contribution in [3.8, 4) is 11.5 Å². The zero-order valence-corrected chi connectivity index (χ0v) is 15.3. The lowest BCUT2D eigenvalue weighted by molar-refractivity contribution is 0.160. The molecule has 4 aromatic rings. The first-order chi connectivity index (χ1) is 13.8. The minimum Gasteiger partial charge on any atom is -0.392 e. The van der Waals surface area contributed by atoms with Crippen molar-refractivity contribution >= 4 is 16.7 Å². The van der Waals surface area contributed by atoms with Gasteiger partial charge in [-0.2, -0.15) is 0 Å². The van der Waals surface area contributed by atoms with E-state index in [4.69, 9.17) is 4.98 Å². The summed E-state index contributed by atoms with van der Waals surface area (Å²) in [5.74, 6) is 1.40. The van der Waals surface area contributed by atoms with Crippen molar-refractivity contribution in [2.24, 2.45) is 0 Å². The van der Waals surface area contributed by atoms with Gasteiger partial charge in [-0.1, -0.05) is 42.5 Å². The van der Waals surface area contributed by atoms with Gasteiger partial charge in [0, 0.05) is 24.0 Å². The van der Waals surface area contributed by atoms with Gasteiger partial charge in [0.15, 0.2) is 5.82 Å². The van der Waals surface area contributed by atoms with Crippen molar-refractivity contribution < 1.29 is 5.11 Å². The Morgan fingerprint density at radius 2 is 1.75 bits per heavy atom. The molecule has 0 amide bonds. The molecule has 5 nitrogen and oxygen atoms in total. The maximum absolute atomic E-state index is 10.6. The fourth-order valence-electron chi connectivity index (χ4n) is 3.93. The SMILES string of the molecule is OC1Cc2ccccc2[C@H]1CNc1nc(-c2ccccn2)nc2ccccc12. The number of aliphatic hydroxyl groups is 1. The quantitative estimate of drug-likeness (QED) is 0.573. The lowest BCUT2D eigenvalue weighted by Crippen LogP contribution is -2.22. The third kappa shape index (κ3) is 3.00. The fourth-order valence-corrected chi connectivity index (χ4v) is 3.93. The average Bonchev–Trinajstić information content (AvgIpc) is 3.07. The Balaban J connectivity index is 1.50. The molecule has 1 aliphatic rings. The zero-order chi connectivity index (χ0) is 18.9. The molecule has 0 spiro atoms. The molecule has 2 aromatic carbocycles. The molecule has 138 valence electrons. The van der Waals surface area contributed by atoms with Crippen LogP contribution in [0.4, 0.5) is 5.82 Å². The van der Waals surface area contributed by atoms with Crippen molar-refractivity contribution in [2.75, 3.05) is 11.9 Å². The molecule has 2 heterocycles. The van der Waals surface area contributed by atoms with E-state index in [1.165, 1.54) is 11.1 Å². The van der Waals surface area contributed by atoms with Crippen molar-refractivity contribution in [1.82, 2.24) is 15.0 Å². The predicted molar refractivity (Wildman–Crippen MR) is 110 cm³/mol. The van der Waals surface area contributed by atoms with Crippen LogP contribution >= 0.6 is 0 Å². The minimum absolute atomic E-state index is 0.0447. The molecule has 1 unspecified atom stereocenters. The first kappa shape index (κ1) is 16.8. The monoisotopic (exact) mass is 368 g/mol. The number of rotatable bonds is 4. The molecule has 1 aliphatic carbocycles. The van der Waals surface area contributed by atoms with Crippen LogP contribution in [0, 0.1) is 0 Å². The summed E-state index contributed by atoms with van der Waals surface area (Å²) in [5.41, 5.74) is 4.05. The highest BCUT2D eigenvalue weighted by molar-refractivity contribution is 5.90. The third-order valence-electron chi connectivity index (χ3n) is 5.33. The number of anilines is 1. The lowest BCUT2D eigenvalue weighted by atomic mass is 10.00. The average molecular weight is 368 g/mol. The molecular formula is C23H20N4O. The van der Waals surface area contributed by atoms with Crippen molar-refractivity contribution in [3.63, 3.8) is 0 Å². The van der Waals surface area contributed by atoms with E-state index in [1.807, 2.05) is 54.6 Å². The molecule has 0 radical (unpaired) electrons. The van der Waals surface area contributed by atoms with Gasteiger partial charge in [-0.25, -0.2) is 9.97 Å². The van der Waals surface area contributed by atoms with E-state index >= 15 is 0 Å². The number of pyridine rings is 1. The molecular weight excluding hydrogens is 348 g/mol. The molecule has 0 bridgehead atoms. The number of fused-ring (bicyclic) bond motifs is 2. The van der Waals surface area contributed by atoms with E-state index in [1.54, 1.807) is 6.20 Å². The van der Waals surface area contributed by atoms with Crippen LogP contribution in [-0.4, -0.2) is 32.7 Å². The van der Waals surface area contributed by atoms with E-state index in [0.29, 0.717) is 18.8 Å². The van der Waals surface area contributed by atoms with Gasteiger partial charge in [-0.3, -0.25) is 4.98 Å². The number of hydrogen-bond donors (Lipinski definition) is 2. The number of para-hydroxylation sites is 1. The standard InChI is InChI=1S/C23H20N4O/c28-21-13-15-7-1-2-8-16(15)18(21)14-25-22-17-9-3-4-10-19(17)26-23(27-22)20-11-5-6-12-24-20/h1-12,18,21,28H,13-14H2,(H,25,26,27)/t18-,21?/m1/s1. The van der Waals surface area contributed by atoms with Crippen molar-refractivity contribution in [3.05, 3.63) is 84.1 Å². The molecule has 2 aromatic heterocycles. The molecule has 2 N–H and O–H groups in total. The Labute approximate surface area is 163 Å². The van der Waals surface area contributed by atoms with Crippen LogP contribution in [0.2, 0.25) is 0 Å². The number of benzene rings is 2. The summed E-state index contributed by atoms with van der Waals surface area (Å²) < 4.78 is 0. The second kappa shape index (κ2) is 7.02. The third-order valence-corrected chi connectivity index (χ3v) is 5.33. The smallest absolute Gasteiger partial charge is 0.180 e. The van der Waals surface area contributed by atoms with Gasteiger partial charge >= 0.3 is 0 Å². The summed E-state index contributed by atoms with van der Waals surface area (Å²) >= 11 is 0. The maximum Gasteiger partial charge on any atom is 0.180 e. The summed E-state index contributed by atoms with van der Waals surface area (Å²) in [6.45, 7) is 0.612. The number of nitrogens with one attached hydrogen (secondary N) is 1. The molecule has 5 rings (SSSR count). The summed E-state index contributed by atoms with van der Waals surface area (Å²) in [4.78, 5) is 13.8. The Hall–Kier alpha value is -3.31. The van der Waals surface area contributed by atoms with Crippen LogP contribution in [0.3, 0.4) is 0 Å². The van der Waals surface area contributed by atoms with Crippen LogP contribution in [-0.2, 0) is 6.42 Å².